The third-order valence-electron chi connectivity index (χ3n) is 4.94. The molecule has 1 aliphatic heterocycles. The van der Waals surface area contributed by atoms with Crippen molar-refractivity contribution in [1.82, 2.24) is 14.5 Å². The van der Waals surface area contributed by atoms with Gasteiger partial charge in [0.15, 0.2) is 0 Å². The number of nitrogens with zero attached hydrogens (tertiary/aromatic N) is 2. The van der Waals surface area contributed by atoms with Gasteiger partial charge in [-0.05, 0) is 30.7 Å². The van der Waals surface area contributed by atoms with E-state index in [0.717, 1.165) is 5.56 Å². The van der Waals surface area contributed by atoms with Gasteiger partial charge < -0.3 is 5.32 Å². The Morgan fingerprint density at radius 1 is 1.07 bits per heavy atom. The third kappa shape index (κ3) is 4.91. The van der Waals surface area contributed by atoms with E-state index >= 15 is 0 Å². The number of hydrogen-bond donors (Lipinski definition) is 1. The number of carbonyl (C=O) groups is 1. The fourth-order valence-electron chi connectivity index (χ4n) is 3.21. The highest BCUT2D eigenvalue weighted by molar-refractivity contribution is 7.89. The molecule has 2 aromatic carbocycles. The van der Waals surface area contributed by atoms with Gasteiger partial charge in [-0.25, -0.2) is 8.42 Å². The Morgan fingerprint density at radius 3 is 2.39 bits per heavy atom. The Kier molecular flexibility index (Phi) is 6.72. The molecule has 0 aromatic heterocycles. The minimum absolute atomic E-state index is 0.0602. The maximum Gasteiger partial charge on any atom is 0.243 e. The van der Waals surface area contributed by atoms with Crippen molar-refractivity contribution in [3.05, 3.63) is 65.2 Å². The Balaban J connectivity index is 1.55. The lowest BCUT2D eigenvalue weighted by molar-refractivity contribution is -0.126. The molecule has 1 amide bonds. The van der Waals surface area contributed by atoms with Crippen molar-refractivity contribution in [2.45, 2.75) is 24.4 Å². The van der Waals surface area contributed by atoms with E-state index in [1.54, 1.807) is 18.2 Å². The van der Waals surface area contributed by atoms with Crippen molar-refractivity contribution < 1.29 is 13.2 Å². The van der Waals surface area contributed by atoms with Crippen LogP contribution in [0.2, 0.25) is 5.02 Å². The molecule has 0 radical (unpaired) electrons. The standard InChI is InChI=1S/C20H24ClN3O3S/c1-16(20(25)22-15-17-6-3-2-4-7-17)23-10-12-24(13-11-23)28(26,27)19-9-5-8-18(21)14-19/h2-9,14,16H,10-13,15H2,1H3,(H,22,25). The molecule has 0 saturated carbocycles. The number of carbonyl (C=O) groups excluding carboxylic acids is 1. The van der Waals surface area contributed by atoms with Crippen LogP contribution in [0.25, 0.3) is 0 Å². The second-order valence-electron chi connectivity index (χ2n) is 6.78. The van der Waals surface area contributed by atoms with Crippen LogP contribution in [0.3, 0.4) is 0 Å². The molecule has 1 atom stereocenters. The minimum Gasteiger partial charge on any atom is -0.351 e. The van der Waals surface area contributed by atoms with E-state index in [1.165, 1.54) is 10.4 Å². The SMILES string of the molecule is CC(C(=O)NCc1ccccc1)N1CCN(S(=O)(=O)c2cccc(Cl)c2)CC1. The Morgan fingerprint density at radius 2 is 1.75 bits per heavy atom. The first kappa shape index (κ1) is 20.8. The first-order valence-corrected chi connectivity index (χ1v) is 11.0. The Hall–Kier alpha value is -1.93. The summed E-state index contributed by atoms with van der Waals surface area (Å²) in [5.74, 6) is -0.0602. The Bertz CT molecular complexity index is 913. The summed E-state index contributed by atoms with van der Waals surface area (Å²) in [6, 6.07) is 15.7. The number of piperazine rings is 1. The van der Waals surface area contributed by atoms with Gasteiger partial charge in [-0.1, -0.05) is 48.0 Å². The average Bonchev–Trinajstić information content (AvgIpc) is 2.72. The average molecular weight is 422 g/mol. The number of halogens is 1. The summed E-state index contributed by atoms with van der Waals surface area (Å²) in [5, 5.41) is 3.33. The number of amides is 1. The monoisotopic (exact) mass is 421 g/mol. The Labute approximate surface area is 171 Å². The predicted octanol–water partition coefficient (Wildman–Crippen LogP) is 2.35. The van der Waals surface area contributed by atoms with Crippen molar-refractivity contribution in [3.63, 3.8) is 0 Å². The van der Waals surface area contributed by atoms with Crippen LogP contribution in [0.1, 0.15) is 12.5 Å². The van der Waals surface area contributed by atoms with Crippen LogP contribution >= 0.6 is 11.6 Å². The van der Waals surface area contributed by atoms with Gasteiger partial charge >= 0.3 is 0 Å². The minimum atomic E-state index is -3.58. The molecule has 1 N–H and O–H groups in total. The molecule has 28 heavy (non-hydrogen) atoms. The summed E-state index contributed by atoms with van der Waals surface area (Å²) in [6.45, 7) is 4.00. The number of hydrogen-bond acceptors (Lipinski definition) is 4. The van der Waals surface area contributed by atoms with E-state index < -0.39 is 10.0 Å². The molecule has 0 spiro atoms. The van der Waals surface area contributed by atoms with Crippen LogP contribution in [0, 0.1) is 0 Å². The van der Waals surface area contributed by atoms with E-state index in [-0.39, 0.29) is 16.8 Å². The first-order valence-electron chi connectivity index (χ1n) is 9.19. The van der Waals surface area contributed by atoms with Gasteiger partial charge in [-0.15, -0.1) is 0 Å². The van der Waals surface area contributed by atoms with Gasteiger partial charge in [0.05, 0.1) is 10.9 Å². The summed E-state index contributed by atoms with van der Waals surface area (Å²) in [4.78, 5) is 14.7. The number of benzene rings is 2. The summed E-state index contributed by atoms with van der Waals surface area (Å²) in [7, 11) is -3.58. The highest BCUT2D eigenvalue weighted by Gasteiger charge is 2.31. The van der Waals surface area contributed by atoms with Crippen LogP contribution in [0.4, 0.5) is 0 Å². The van der Waals surface area contributed by atoms with Crippen LogP contribution in [-0.2, 0) is 21.4 Å². The molecule has 1 aliphatic rings. The van der Waals surface area contributed by atoms with Crippen molar-refractivity contribution in [2.75, 3.05) is 26.2 Å². The van der Waals surface area contributed by atoms with Crippen LogP contribution in [0.15, 0.2) is 59.5 Å². The van der Waals surface area contributed by atoms with Crippen LogP contribution in [0.5, 0.6) is 0 Å². The molecule has 3 rings (SSSR count). The molecule has 0 aliphatic carbocycles. The molecule has 1 unspecified atom stereocenters. The fraction of sp³-hybridized carbons (Fsp3) is 0.350. The van der Waals surface area contributed by atoms with Crippen LogP contribution in [-0.4, -0.2) is 55.8 Å². The predicted molar refractivity (Wildman–Crippen MR) is 110 cm³/mol. The second-order valence-corrected chi connectivity index (χ2v) is 9.15. The van der Waals surface area contributed by atoms with Crippen molar-refractivity contribution in [3.8, 4) is 0 Å². The first-order chi connectivity index (χ1) is 13.4. The highest BCUT2D eigenvalue weighted by Crippen LogP contribution is 2.21. The van der Waals surface area contributed by atoms with Gasteiger partial charge in [-0.3, -0.25) is 9.69 Å². The van der Waals surface area contributed by atoms with E-state index in [4.69, 9.17) is 11.6 Å². The molecule has 8 heteroatoms. The van der Waals surface area contributed by atoms with Gasteiger partial charge in [-0.2, -0.15) is 4.31 Å². The van der Waals surface area contributed by atoms with E-state index in [2.05, 4.69) is 5.32 Å². The van der Waals surface area contributed by atoms with Gasteiger partial charge in [0.1, 0.15) is 0 Å². The molecule has 1 heterocycles. The lowest BCUT2D eigenvalue weighted by Gasteiger charge is -2.36. The summed E-state index contributed by atoms with van der Waals surface area (Å²) in [6.07, 6.45) is 0. The second kappa shape index (κ2) is 9.05. The lowest BCUT2D eigenvalue weighted by Crippen LogP contribution is -2.54. The summed E-state index contributed by atoms with van der Waals surface area (Å²) in [5.41, 5.74) is 1.04. The van der Waals surface area contributed by atoms with Crippen molar-refractivity contribution in [2.24, 2.45) is 0 Å². The molecule has 0 bridgehead atoms. The maximum absolute atomic E-state index is 12.8. The maximum atomic E-state index is 12.8. The molecule has 2 aromatic rings. The molecule has 1 fully saturated rings. The number of rotatable bonds is 6. The van der Waals surface area contributed by atoms with E-state index in [1.807, 2.05) is 42.2 Å². The summed E-state index contributed by atoms with van der Waals surface area (Å²) < 4.78 is 27.0. The molecule has 6 nitrogen and oxygen atoms in total. The topological polar surface area (TPSA) is 69.7 Å². The number of nitrogens with one attached hydrogen (secondary N) is 1. The van der Waals surface area contributed by atoms with Gasteiger partial charge in [0, 0.05) is 37.7 Å². The largest absolute Gasteiger partial charge is 0.351 e. The smallest absolute Gasteiger partial charge is 0.243 e. The van der Waals surface area contributed by atoms with Gasteiger partial charge in [0.2, 0.25) is 15.9 Å². The van der Waals surface area contributed by atoms with Gasteiger partial charge in [0.25, 0.3) is 0 Å². The lowest BCUT2D eigenvalue weighted by atomic mass is 10.2. The normalized spacial score (nSPS) is 17.2. The van der Waals surface area contributed by atoms with E-state index in [0.29, 0.717) is 37.7 Å². The van der Waals surface area contributed by atoms with Crippen molar-refractivity contribution >= 4 is 27.5 Å². The zero-order valence-electron chi connectivity index (χ0n) is 15.7. The van der Waals surface area contributed by atoms with E-state index in [9.17, 15) is 13.2 Å². The highest BCUT2D eigenvalue weighted by atomic mass is 35.5. The number of sulfonamides is 1. The van der Waals surface area contributed by atoms with Crippen LogP contribution < -0.4 is 5.32 Å². The molecule has 1 saturated heterocycles. The zero-order chi connectivity index (χ0) is 20.1. The zero-order valence-corrected chi connectivity index (χ0v) is 17.3. The quantitative estimate of drug-likeness (QED) is 0.777. The molecular formula is C20H24ClN3O3S. The third-order valence-corrected chi connectivity index (χ3v) is 7.07. The van der Waals surface area contributed by atoms with Crippen molar-refractivity contribution in [1.29, 1.82) is 0 Å². The molecule has 150 valence electrons. The fourth-order valence-corrected chi connectivity index (χ4v) is 4.93. The molecular weight excluding hydrogens is 398 g/mol. The summed E-state index contributed by atoms with van der Waals surface area (Å²) >= 11 is 5.93.